The molecule has 2 aromatic heterocycles. The number of aryl methyl sites for hydroxylation is 2. The highest BCUT2D eigenvalue weighted by molar-refractivity contribution is 7.89. The second-order valence-corrected chi connectivity index (χ2v) is 6.78. The van der Waals surface area contributed by atoms with Gasteiger partial charge in [-0.1, -0.05) is 17.3 Å². The molecular formula is C14H14FN5O3S. The lowest BCUT2D eigenvalue weighted by Gasteiger charge is -2.04. The molecule has 1 aromatic carbocycles. The van der Waals surface area contributed by atoms with Gasteiger partial charge in [0.2, 0.25) is 21.7 Å². The van der Waals surface area contributed by atoms with E-state index in [9.17, 15) is 12.8 Å². The van der Waals surface area contributed by atoms with E-state index in [4.69, 9.17) is 4.52 Å². The van der Waals surface area contributed by atoms with E-state index in [0.29, 0.717) is 11.4 Å². The Bertz CT molecular complexity index is 960. The maximum atomic E-state index is 13.7. The molecule has 0 bridgehead atoms. The lowest BCUT2D eigenvalue weighted by atomic mass is 10.2. The van der Waals surface area contributed by atoms with Crippen molar-refractivity contribution in [2.75, 3.05) is 0 Å². The molecule has 10 heteroatoms. The van der Waals surface area contributed by atoms with Gasteiger partial charge in [-0.15, -0.1) is 0 Å². The van der Waals surface area contributed by atoms with Crippen LogP contribution in [0.4, 0.5) is 4.39 Å². The lowest BCUT2D eigenvalue weighted by Crippen LogP contribution is -2.24. The summed E-state index contributed by atoms with van der Waals surface area (Å²) >= 11 is 0. The van der Waals surface area contributed by atoms with Crippen LogP contribution in [-0.4, -0.2) is 28.8 Å². The summed E-state index contributed by atoms with van der Waals surface area (Å²) in [6.45, 7) is 2.98. The predicted octanol–water partition coefficient (Wildman–Crippen LogP) is 1.69. The number of nitrogens with zero attached hydrogens (tertiary/aromatic N) is 3. The van der Waals surface area contributed by atoms with Gasteiger partial charge in [-0.25, -0.2) is 17.5 Å². The number of rotatable bonds is 5. The Hall–Kier alpha value is -2.59. The fourth-order valence-electron chi connectivity index (χ4n) is 2.24. The van der Waals surface area contributed by atoms with Gasteiger partial charge in [0, 0.05) is 0 Å². The quantitative estimate of drug-likeness (QED) is 0.723. The summed E-state index contributed by atoms with van der Waals surface area (Å²) in [6, 6.07) is 5.97. The molecule has 0 radical (unpaired) electrons. The van der Waals surface area contributed by atoms with Crippen molar-refractivity contribution in [3.8, 4) is 11.4 Å². The van der Waals surface area contributed by atoms with Gasteiger partial charge in [0.05, 0.1) is 23.5 Å². The normalized spacial score (nSPS) is 11.8. The number of H-pyrrole nitrogens is 1. The number of aromatic nitrogens is 4. The number of nitrogens with one attached hydrogen (secondary N) is 2. The number of halogens is 1. The van der Waals surface area contributed by atoms with E-state index in [1.165, 1.54) is 12.1 Å². The maximum absolute atomic E-state index is 13.7. The molecule has 2 heterocycles. The SMILES string of the molecule is Cc1n[nH]c(C)c1S(=O)(=O)NCc1nc(-c2ccccc2F)no1. The number of aromatic amines is 1. The molecule has 126 valence electrons. The van der Waals surface area contributed by atoms with Gasteiger partial charge in [0.15, 0.2) is 0 Å². The molecule has 0 unspecified atom stereocenters. The van der Waals surface area contributed by atoms with Crippen LogP contribution in [0.15, 0.2) is 33.7 Å². The molecule has 3 aromatic rings. The van der Waals surface area contributed by atoms with Crippen molar-refractivity contribution < 1.29 is 17.3 Å². The van der Waals surface area contributed by atoms with Crippen LogP contribution in [0.2, 0.25) is 0 Å². The third kappa shape index (κ3) is 3.05. The fourth-order valence-corrected chi connectivity index (χ4v) is 3.59. The summed E-state index contributed by atoms with van der Waals surface area (Å²) in [5.74, 6) is -0.413. The largest absolute Gasteiger partial charge is 0.338 e. The van der Waals surface area contributed by atoms with Crippen molar-refractivity contribution in [1.29, 1.82) is 0 Å². The molecule has 0 atom stereocenters. The van der Waals surface area contributed by atoms with Crippen LogP contribution < -0.4 is 4.72 Å². The van der Waals surface area contributed by atoms with Crippen LogP contribution in [0, 0.1) is 19.7 Å². The number of sulfonamides is 1. The second-order valence-electron chi connectivity index (χ2n) is 5.08. The van der Waals surface area contributed by atoms with Crippen LogP contribution in [0.1, 0.15) is 17.3 Å². The summed E-state index contributed by atoms with van der Waals surface area (Å²) in [5, 5.41) is 10.1. The molecule has 0 fully saturated rings. The number of hydrogen-bond donors (Lipinski definition) is 2. The molecule has 0 amide bonds. The standard InChI is InChI=1S/C14H14FN5O3S/c1-8-13(9(2)19-18-8)24(21,22)16-7-12-17-14(20-23-12)10-5-3-4-6-11(10)15/h3-6,16H,7H2,1-2H3,(H,18,19). The Morgan fingerprint density at radius 3 is 2.71 bits per heavy atom. The first-order valence-electron chi connectivity index (χ1n) is 6.97. The van der Waals surface area contributed by atoms with Crippen LogP contribution in [0.5, 0.6) is 0 Å². The Kier molecular flexibility index (Phi) is 4.16. The summed E-state index contributed by atoms with van der Waals surface area (Å²) in [6.07, 6.45) is 0. The molecule has 0 aliphatic carbocycles. The van der Waals surface area contributed by atoms with Gasteiger partial charge >= 0.3 is 0 Å². The monoisotopic (exact) mass is 351 g/mol. The average molecular weight is 351 g/mol. The van der Waals surface area contributed by atoms with Crippen LogP contribution in [-0.2, 0) is 16.6 Å². The topological polar surface area (TPSA) is 114 Å². The van der Waals surface area contributed by atoms with Gasteiger partial charge in [-0.2, -0.15) is 10.1 Å². The second kappa shape index (κ2) is 6.13. The minimum atomic E-state index is -3.79. The molecule has 24 heavy (non-hydrogen) atoms. The Morgan fingerprint density at radius 2 is 2.04 bits per heavy atom. The highest BCUT2D eigenvalue weighted by Crippen LogP contribution is 2.20. The van der Waals surface area contributed by atoms with E-state index in [1.807, 2.05) is 0 Å². The van der Waals surface area contributed by atoms with Crippen LogP contribution in [0.3, 0.4) is 0 Å². The molecule has 8 nitrogen and oxygen atoms in total. The zero-order chi connectivity index (χ0) is 17.3. The van der Waals surface area contributed by atoms with E-state index in [1.54, 1.807) is 26.0 Å². The first kappa shape index (κ1) is 16.3. The van der Waals surface area contributed by atoms with Crippen molar-refractivity contribution in [3.05, 3.63) is 47.4 Å². The minimum absolute atomic E-state index is 0.0237. The van der Waals surface area contributed by atoms with E-state index >= 15 is 0 Å². The van der Waals surface area contributed by atoms with Crippen molar-refractivity contribution in [3.63, 3.8) is 0 Å². The van der Waals surface area contributed by atoms with E-state index in [0.717, 1.165) is 0 Å². The van der Waals surface area contributed by atoms with E-state index < -0.39 is 15.8 Å². The highest BCUT2D eigenvalue weighted by Gasteiger charge is 2.23. The van der Waals surface area contributed by atoms with Crippen LogP contribution in [0.25, 0.3) is 11.4 Å². The lowest BCUT2D eigenvalue weighted by molar-refractivity contribution is 0.375. The smallest absolute Gasteiger partial charge is 0.244 e. The number of benzene rings is 1. The maximum Gasteiger partial charge on any atom is 0.244 e. The fraction of sp³-hybridized carbons (Fsp3) is 0.214. The van der Waals surface area contributed by atoms with Gasteiger partial charge in [0.1, 0.15) is 10.7 Å². The molecule has 0 saturated heterocycles. The van der Waals surface area contributed by atoms with Crippen molar-refractivity contribution >= 4 is 10.0 Å². The molecule has 3 rings (SSSR count). The summed E-state index contributed by atoms with van der Waals surface area (Å²) < 4.78 is 45.7. The Morgan fingerprint density at radius 1 is 1.29 bits per heavy atom. The molecule has 2 N–H and O–H groups in total. The molecular weight excluding hydrogens is 337 g/mol. The molecule has 0 aliphatic heterocycles. The van der Waals surface area contributed by atoms with Gasteiger partial charge < -0.3 is 4.52 Å². The first-order chi connectivity index (χ1) is 11.4. The third-order valence-electron chi connectivity index (χ3n) is 3.33. The first-order valence-corrected chi connectivity index (χ1v) is 8.45. The molecule has 0 aliphatic rings. The van der Waals surface area contributed by atoms with E-state index in [-0.39, 0.29) is 28.7 Å². The number of hydrogen-bond acceptors (Lipinski definition) is 6. The summed E-state index contributed by atoms with van der Waals surface area (Å²) in [7, 11) is -3.79. The molecule has 0 saturated carbocycles. The zero-order valence-electron chi connectivity index (χ0n) is 12.9. The van der Waals surface area contributed by atoms with Gasteiger partial charge in [0.25, 0.3) is 0 Å². The Balaban J connectivity index is 1.78. The summed E-state index contributed by atoms with van der Waals surface area (Å²) in [5.41, 5.74) is 0.965. The summed E-state index contributed by atoms with van der Waals surface area (Å²) in [4.78, 5) is 4.08. The minimum Gasteiger partial charge on any atom is -0.338 e. The van der Waals surface area contributed by atoms with Gasteiger partial charge in [-0.3, -0.25) is 5.10 Å². The van der Waals surface area contributed by atoms with Crippen molar-refractivity contribution in [1.82, 2.24) is 25.1 Å². The van der Waals surface area contributed by atoms with Crippen LogP contribution >= 0.6 is 0 Å². The van der Waals surface area contributed by atoms with E-state index in [2.05, 4.69) is 25.1 Å². The highest BCUT2D eigenvalue weighted by atomic mass is 32.2. The average Bonchev–Trinajstić information content (AvgIpc) is 3.13. The Labute approximate surface area is 137 Å². The third-order valence-corrected chi connectivity index (χ3v) is 4.99. The van der Waals surface area contributed by atoms with Crippen molar-refractivity contribution in [2.24, 2.45) is 0 Å². The predicted molar refractivity (Wildman–Crippen MR) is 81.8 cm³/mol. The zero-order valence-corrected chi connectivity index (χ0v) is 13.7. The van der Waals surface area contributed by atoms with Crippen molar-refractivity contribution in [2.45, 2.75) is 25.3 Å². The molecule has 0 spiro atoms. The van der Waals surface area contributed by atoms with Gasteiger partial charge in [-0.05, 0) is 26.0 Å².